The third kappa shape index (κ3) is 1.52. The van der Waals surface area contributed by atoms with E-state index >= 15 is 0 Å². The van der Waals surface area contributed by atoms with Gasteiger partial charge in [0.15, 0.2) is 0 Å². The van der Waals surface area contributed by atoms with E-state index in [0.717, 1.165) is 18.3 Å². The molecule has 3 heteroatoms. The van der Waals surface area contributed by atoms with Gasteiger partial charge in [-0.15, -0.1) is 0 Å². The predicted molar refractivity (Wildman–Crippen MR) is 54.0 cm³/mol. The summed E-state index contributed by atoms with van der Waals surface area (Å²) in [5.41, 5.74) is 1.33. The number of rotatable bonds is 2. The molecular weight excluding hydrogens is 174 g/mol. The Morgan fingerprint density at radius 3 is 2.50 bits per heavy atom. The summed E-state index contributed by atoms with van der Waals surface area (Å²) >= 11 is 0. The summed E-state index contributed by atoms with van der Waals surface area (Å²) in [6, 6.07) is 0.406. The SMILES string of the molecule is c1nc(C2CCCN2)ncc1C1CC1. The largest absolute Gasteiger partial charge is 0.307 e. The Morgan fingerprint density at radius 1 is 1.14 bits per heavy atom. The smallest absolute Gasteiger partial charge is 0.145 e. The van der Waals surface area contributed by atoms with E-state index in [1.54, 1.807) is 0 Å². The highest BCUT2D eigenvalue weighted by atomic mass is 15.0. The van der Waals surface area contributed by atoms with E-state index in [2.05, 4.69) is 15.3 Å². The number of hydrogen-bond acceptors (Lipinski definition) is 3. The second-order valence-corrected chi connectivity index (χ2v) is 4.30. The van der Waals surface area contributed by atoms with Crippen LogP contribution in [-0.4, -0.2) is 16.5 Å². The zero-order valence-corrected chi connectivity index (χ0v) is 8.24. The van der Waals surface area contributed by atoms with Gasteiger partial charge in [-0.25, -0.2) is 9.97 Å². The van der Waals surface area contributed by atoms with Gasteiger partial charge >= 0.3 is 0 Å². The average molecular weight is 189 g/mol. The van der Waals surface area contributed by atoms with Crippen molar-refractivity contribution in [3.63, 3.8) is 0 Å². The van der Waals surface area contributed by atoms with Gasteiger partial charge in [-0.05, 0) is 43.7 Å². The summed E-state index contributed by atoms with van der Waals surface area (Å²) < 4.78 is 0. The zero-order valence-electron chi connectivity index (χ0n) is 8.24. The summed E-state index contributed by atoms with van der Waals surface area (Å²) in [6.07, 6.45) is 9.11. The van der Waals surface area contributed by atoms with Crippen LogP contribution in [0.5, 0.6) is 0 Å². The molecule has 0 bridgehead atoms. The molecule has 0 amide bonds. The van der Waals surface area contributed by atoms with Crippen molar-refractivity contribution >= 4 is 0 Å². The van der Waals surface area contributed by atoms with E-state index in [9.17, 15) is 0 Å². The zero-order chi connectivity index (χ0) is 9.38. The Balaban J connectivity index is 1.78. The highest BCUT2D eigenvalue weighted by molar-refractivity contribution is 5.17. The standard InChI is InChI=1S/C11H15N3/c1-2-10(12-5-1)11-13-6-9(7-14-11)8-3-4-8/h6-8,10,12H,1-5H2. The van der Waals surface area contributed by atoms with E-state index in [1.165, 1.54) is 31.2 Å². The number of nitrogens with one attached hydrogen (secondary N) is 1. The van der Waals surface area contributed by atoms with E-state index in [1.807, 2.05) is 12.4 Å². The Labute approximate surface area is 84.0 Å². The van der Waals surface area contributed by atoms with Gasteiger partial charge < -0.3 is 5.32 Å². The summed E-state index contributed by atoms with van der Waals surface area (Å²) in [7, 11) is 0. The maximum atomic E-state index is 4.45. The van der Waals surface area contributed by atoms with Crippen LogP contribution in [0.3, 0.4) is 0 Å². The first-order chi connectivity index (χ1) is 6.93. The van der Waals surface area contributed by atoms with Gasteiger partial charge in [-0.1, -0.05) is 0 Å². The monoisotopic (exact) mass is 189 g/mol. The molecule has 0 aromatic carbocycles. The Bertz CT molecular complexity index is 310. The van der Waals surface area contributed by atoms with Gasteiger partial charge in [-0.3, -0.25) is 0 Å². The Hall–Kier alpha value is -0.960. The first-order valence-corrected chi connectivity index (χ1v) is 5.49. The van der Waals surface area contributed by atoms with Gasteiger partial charge in [-0.2, -0.15) is 0 Å². The molecule has 74 valence electrons. The molecule has 1 atom stereocenters. The quantitative estimate of drug-likeness (QED) is 0.770. The van der Waals surface area contributed by atoms with Crippen molar-refractivity contribution in [1.29, 1.82) is 0 Å². The van der Waals surface area contributed by atoms with E-state index in [4.69, 9.17) is 0 Å². The topological polar surface area (TPSA) is 37.8 Å². The van der Waals surface area contributed by atoms with Crippen molar-refractivity contribution in [2.24, 2.45) is 0 Å². The van der Waals surface area contributed by atoms with Crippen LogP contribution >= 0.6 is 0 Å². The summed E-state index contributed by atoms with van der Waals surface area (Å²) in [4.78, 5) is 8.90. The highest BCUT2D eigenvalue weighted by Gasteiger charge is 2.25. The van der Waals surface area contributed by atoms with Crippen molar-refractivity contribution in [1.82, 2.24) is 15.3 Å². The summed E-state index contributed by atoms with van der Waals surface area (Å²) in [5.74, 6) is 1.74. The Morgan fingerprint density at radius 2 is 1.93 bits per heavy atom. The lowest BCUT2D eigenvalue weighted by molar-refractivity contribution is 0.603. The lowest BCUT2D eigenvalue weighted by atomic mass is 10.2. The van der Waals surface area contributed by atoms with Crippen molar-refractivity contribution in [2.75, 3.05) is 6.54 Å². The van der Waals surface area contributed by atoms with Crippen LogP contribution in [0.4, 0.5) is 0 Å². The van der Waals surface area contributed by atoms with Crippen LogP contribution in [-0.2, 0) is 0 Å². The van der Waals surface area contributed by atoms with E-state index in [0.29, 0.717) is 6.04 Å². The van der Waals surface area contributed by atoms with Crippen molar-refractivity contribution in [3.8, 4) is 0 Å². The van der Waals surface area contributed by atoms with Gasteiger partial charge in [0.25, 0.3) is 0 Å². The van der Waals surface area contributed by atoms with Gasteiger partial charge in [0.05, 0.1) is 6.04 Å². The normalized spacial score (nSPS) is 26.7. The lowest BCUT2D eigenvalue weighted by Crippen LogP contribution is -2.15. The number of hydrogen-bond donors (Lipinski definition) is 1. The molecule has 0 spiro atoms. The maximum Gasteiger partial charge on any atom is 0.145 e. The third-order valence-electron chi connectivity index (χ3n) is 3.11. The molecular formula is C11H15N3. The minimum Gasteiger partial charge on any atom is -0.307 e. The molecule has 1 aliphatic carbocycles. The van der Waals surface area contributed by atoms with E-state index < -0.39 is 0 Å². The molecule has 3 rings (SSSR count). The fourth-order valence-corrected chi connectivity index (χ4v) is 2.06. The molecule has 1 unspecified atom stereocenters. The van der Waals surface area contributed by atoms with E-state index in [-0.39, 0.29) is 0 Å². The molecule has 1 saturated heterocycles. The van der Waals surface area contributed by atoms with Crippen molar-refractivity contribution in [3.05, 3.63) is 23.8 Å². The fraction of sp³-hybridized carbons (Fsp3) is 0.636. The van der Waals surface area contributed by atoms with Crippen LogP contribution in [0.1, 0.15) is 49.0 Å². The highest BCUT2D eigenvalue weighted by Crippen LogP contribution is 2.39. The first-order valence-electron chi connectivity index (χ1n) is 5.49. The minimum absolute atomic E-state index is 0.406. The molecule has 3 nitrogen and oxygen atoms in total. The molecule has 2 fully saturated rings. The predicted octanol–water partition coefficient (Wildman–Crippen LogP) is 1.78. The molecule has 1 N–H and O–H groups in total. The van der Waals surface area contributed by atoms with Crippen molar-refractivity contribution in [2.45, 2.75) is 37.6 Å². The van der Waals surface area contributed by atoms with Crippen LogP contribution in [0.2, 0.25) is 0 Å². The molecule has 1 saturated carbocycles. The molecule has 1 aliphatic heterocycles. The van der Waals surface area contributed by atoms with Crippen LogP contribution in [0.15, 0.2) is 12.4 Å². The molecule has 1 aromatic rings. The molecule has 2 aliphatic rings. The summed E-state index contributed by atoms with van der Waals surface area (Å²) in [5, 5.41) is 3.41. The molecule has 2 heterocycles. The fourth-order valence-electron chi connectivity index (χ4n) is 2.06. The molecule has 14 heavy (non-hydrogen) atoms. The third-order valence-corrected chi connectivity index (χ3v) is 3.11. The first kappa shape index (κ1) is 8.36. The second kappa shape index (κ2) is 3.31. The van der Waals surface area contributed by atoms with Crippen molar-refractivity contribution < 1.29 is 0 Å². The molecule has 0 radical (unpaired) electrons. The van der Waals surface area contributed by atoms with Crippen LogP contribution in [0, 0.1) is 0 Å². The maximum absolute atomic E-state index is 4.45. The van der Waals surface area contributed by atoms with Crippen LogP contribution < -0.4 is 5.32 Å². The minimum atomic E-state index is 0.406. The number of nitrogens with zero attached hydrogens (tertiary/aromatic N) is 2. The van der Waals surface area contributed by atoms with Gasteiger partial charge in [0.1, 0.15) is 5.82 Å². The Kier molecular flexibility index (Phi) is 1.98. The second-order valence-electron chi connectivity index (χ2n) is 4.30. The summed E-state index contributed by atoms with van der Waals surface area (Å²) in [6.45, 7) is 1.11. The van der Waals surface area contributed by atoms with Crippen LogP contribution in [0.25, 0.3) is 0 Å². The molecule has 1 aromatic heterocycles. The lowest BCUT2D eigenvalue weighted by Gasteiger charge is -2.08. The van der Waals surface area contributed by atoms with Gasteiger partial charge in [0.2, 0.25) is 0 Å². The number of aromatic nitrogens is 2. The average Bonchev–Trinajstić information content (AvgIpc) is 2.94. The van der Waals surface area contributed by atoms with Gasteiger partial charge in [0, 0.05) is 12.4 Å².